The van der Waals surface area contributed by atoms with Crippen LogP contribution in [0.25, 0.3) is 0 Å². The number of carbonyl (C=O) groups is 1. The van der Waals surface area contributed by atoms with Crippen molar-refractivity contribution in [1.29, 1.82) is 0 Å². The second-order valence-electron chi connectivity index (χ2n) is 3.21. The van der Waals surface area contributed by atoms with Gasteiger partial charge < -0.3 is 10.6 Å². The van der Waals surface area contributed by atoms with Crippen molar-refractivity contribution >= 4 is 5.91 Å². The molecule has 1 fully saturated rings. The molecule has 0 aromatic heterocycles. The van der Waals surface area contributed by atoms with Crippen LogP contribution in [-0.2, 0) is 4.79 Å². The zero-order valence-electron chi connectivity index (χ0n) is 7.11. The van der Waals surface area contributed by atoms with Gasteiger partial charge in [0.15, 0.2) is 0 Å². The zero-order chi connectivity index (χ0) is 10.1. The molecular formula is C7H11F3N2O. The highest BCUT2D eigenvalue weighted by Crippen LogP contribution is 2.16. The molecule has 1 amide bonds. The molecule has 2 atom stereocenters. The summed E-state index contributed by atoms with van der Waals surface area (Å²) in [7, 11) is 0. The second-order valence-corrected chi connectivity index (χ2v) is 3.21. The maximum Gasteiger partial charge on any atom is 0.471 e. The van der Waals surface area contributed by atoms with Crippen molar-refractivity contribution in [2.24, 2.45) is 5.92 Å². The van der Waals surface area contributed by atoms with E-state index in [0.29, 0.717) is 13.1 Å². The summed E-state index contributed by atoms with van der Waals surface area (Å²) in [5.41, 5.74) is 0. The number of alkyl halides is 3. The Hall–Kier alpha value is -0.780. The number of nitrogens with one attached hydrogen (secondary N) is 2. The fraction of sp³-hybridized carbons (Fsp3) is 0.857. The van der Waals surface area contributed by atoms with Crippen molar-refractivity contribution in [3.8, 4) is 0 Å². The summed E-state index contributed by atoms with van der Waals surface area (Å²) >= 11 is 0. The van der Waals surface area contributed by atoms with Crippen LogP contribution < -0.4 is 10.6 Å². The number of hydrogen-bond donors (Lipinski definition) is 2. The first-order chi connectivity index (χ1) is 5.91. The molecule has 13 heavy (non-hydrogen) atoms. The van der Waals surface area contributed by atoms with Gasteiger partial charge in [-0.15, -0.1) is 0 Å². The van der Waals surface area contributed by atoms with Gasteiger partial charge in [0.25, 0.3) is 0 Å². The molecule has 0 saturated carbocycles. The zero-order valence-corrected chi connectivity index (χ0v) is 7.11. The van der Waals surface area contributed by atoms with Gasteiger partial charge in [-0.25, -0.2) is 0 Å². The van der Waals surface area contributed by atoms with E-state index >= 15 is 0 Å². The lowest BCUT2D eigenvalue weighted by molar-refractivity contribution is -0.174. The van der Waals surface area contributed by atoms with Crippen LogP contribution in [0.4, 0.5) is 13.2 Å². The monoisotopic (exact) mass is 196 g/mol. The number of amides is 1. The van der Waals surface area contributed by atoms with Gasteiger partial charge in [0.1, 0.15) is 0 Å². The molecule has 3 nitrogen and oxygen atoms in total. The Morgan fingerprint density at radius 1 is 1.46 bits per heavy atom. The third-order valence-corrected chi connectivity index (χ3v) is 2.09. The van der Waals surface area contributed by atoms with Crippen molar-refractivity contribution < 1.29 is 18.0 Å². The van der Waals surface area contributed by atoms with Gasteiger partial charge in [-0.3, -0.25) is 4.79 Å². The highest BCUT2D eigenvalue weighted by Gasteiger charge is 2.40. The van der Waals surface area contributed by atoms with E-state index in [4.69, 9.17) is 0 Å². The molecule has 1 rings (SSSR count). The summed E-state index contributed by atoms with van der Waals surface area (Å²) in [6.45, 7) is 2.84. The molecule has 6 heteroatoms. The number of hydrogen-bond acceptors (Lipinski definition) is 2. The van der Waals surface area contributed by atoms with E-state index in [2.05, 4.69) is 5.32 Å². The molecule has 0 bridgehead atoms. The van der Waals surface area contributed by atoms with Gasteiger partial charge >= 0.3 is 12.1 Å². The third kappa shape index (κ3) is 2.58. The van der Waals surface area contributed by atoms with Gasteiger partial charge in [-0.1, -0.05) is 6.92 Å². The predicted octanol–water partition coefficient (Wildman–Crippen LogP) is 0.273. The Morgan fingerprint density at radius 2 is 2.08 bits per heavy atom. The topological polar surface area (TPSA) is 41.1 Å². The van der Waals surface area contributed by atoms with E-state index < -0.39 is 18.1 Å². The molecule has 1 heterocycles. The number of halogens is 3. The van der Waals surface area contributed by atoms with E-state index in [1.165, 1.54) is 0 Å². The van der Waals surface area contributed by atoms with Gasteiger partial charge in [0.05, 0.1) is 0 Å². The summed E-state index contributed by atoms with van der Waals surface area (Å²) in [6, 6.07) is -0.408. The highest BCUT2D eigenvalue weighted by molar-refractivity contribution is 5.82. The van der Waals surface area contributed by atoms with Crippen LogP contribution in [0.1, 0.15) is 6.92 Å². The maximum absolute atomic E-state index is 11.8. The Labute approximate surface area is 73.7 Å². The molecule has 76 valence electrons. The molecule has 1 saturated heterocycles. The molecule has 1 aliphatic rings. The van der Waals surface area contributed by atoms with Crippen LogP contribution in [0, 0.1) is 5.92 Å². The molecule has 0 aliphatic carbocycles. The van der Waals surface area contributed by atoms with Crippen molar-refractivity contribution in [2.45, 2.75) is 19.1 Å². The Kier molecular flexibility index (Phi) is 2.80. The van der Waals surface area contributed by atoms with Crippen molar-refractivity contribution in [3.63, 3.8) is 0 Å². The maximum atomic E-state index is 11.8. The lowest BCUT2D eigenvalue weighted by Crippen LogP contribution is -2.46. The highest BCUT2D eigenvalue weighted by atomic mass is 19.4. The minimum Gasteiger partial charge on any atom is -0.344 e. The van der Waals surface area contributed by atoms with Crippen LogP contribution >= 0.6 is 0 Å². The van der Waals surface area contributed by atoms with Gasteiger partial charge in [-0.05, 0) is 12.5 Å². The fourth-order valence-corrected chi connectivity index (χ4v) is 1.25. The van der Waals surface area contributed by atoms with E-state index in [0.717, 1.165) is 0 Å². The SMILES string of the molecule is C[C@@H]1CNC[C@@H]1NC(=O)C(F)(F)F. The predicted molar refractivity (Wildman–Crippen MR) is 40.0 cm³/mol. The molecule has 2 N–H and O–H groups in total. The third-order valence-electron chi connectivity index (χ3n) is 2.09. The minimum atomic E-state index is -4.78. The molecule has 0 unspecified atom stereocenters. The average Bonchev–Trinajstić information content (AvgIpc) is 2.34. The van der Waals surface area contributed by atoms with Gasteiger partial charge in [0, 0.05) is 12.6 Å². The van der Waals surface area contributed by atoms with Crippen LogP contribution in [0.3, 0.4) is 0 Å². The number of rotatable bonds is 1. The lowest BCUT2D eigenvalue weighted by Gasteiger charge is -2.16. The van der Waals surface area contributed by atoms with Gasteiger partial charge in [0.2, 0.25) is 0 Å². The Balaban J connectivity index is 2.45. The van der Waals surface area contributed by atoms with Crippen molar-refractivity contribution in [1.82, 2.24) is 10.6 Å². The minimum absolute atomic E-state index is 0.0475. The molecule has 0 radical (unpaired) electrons. The van der Waals surface area contributed by atoms with Gasteiger partial charge in [-0.2, -0.15) is 13.2 Å². The molecule has 1 aliphatic heterocycles. The lowest BCUT2D eigenvalue weighted by atomic mass is 10.1. The normalized spacial score (nSPS) is 28.9. The van der Waals surface area contributed by atoms with Crippen molar-refractivity contribution in [2.75, 3.05) is 13.1 Å². The molecule has 0 aromatic rings. The molecule has 0 aromatic carbocycles. The van der Waals surface area contributed by atoms with Crippen LogP contribution in [-0.4, -0.2) is 31.2 Å². The standard InChI is InChI=1S/C7H11F3N2O/c1-4-2-11-3-5(4)12-6(13)7(8,9)10/h4-5,11H,2-3H2,1H3,(H,12,13)/t4-,5+/m1/s1. The van der Waals surface area contributed by atoms with E-state index in [1.807, 2.05) is 5.32 Å². The summed E-state index contributed by atoms with van der Waals surface area (Å²) < 4.78 is 35.4. The van der Waals surface area contributed by atoms with E-state index in [-0.39, 0.29) is 5.92 Å². The number of carbonyl (C=O) groups excluding carboxylic acids is 1. The van der Waals surface area contributed by atoms with Crippen LogP contribution in [0.5, 0.6) is 0 Å². The summed E-state index contributed by atoms with van der Waals surface area (Å²) in [6.07, 6.45) is -4.78. The fourth-order valence-electron chi connectivity index (χ4n) is 1.25. The summed E-state index contributed by atoms with van der Waals surface area (Å²) in [5, 5.41) is 4.84. The second kappa shape index (κ2) is 3.53. The summed E-state index contributed by atoms with van der Waals surface area (Å²) in [5.74, 6) is -1.81. The average molecular weight is 196 g/mol. The molecular weight excluding hydrogens is 185 g/mol. The smallest absolute Gasteiger partial charge is 0.344 e. The summed E-state index contributed by atoms with van der Waals surface area (Å²) in [4.78, 5) is 10.5. The van der Waals surface area contributed by atoms with Crippen molar-refractivity contribution in [3.05, 3.63) is 0 Å². The first-order valence-corrected chi connectivity index (χ1v) is 3.99. The largest absolute Gasteiger partial charge is 0.471 e. The first kappa shape index (κ1) is 10.3. The van der Waals surface area contributed by atoms with Crippen LogP contribution in [0.2, 0.25) is 0 Å². The Bertz CT molecular complexity index is 204. The first-order valence-electron chi connectivity index (χ1n) is 3.99. The Morgan fingerprint density at radius 3 is 2.46 bits per heavy atom. The quantitative estimate of drug-likeness (QED) is 0.632. The van der Waals surface area contributed by atoms with E-state index in [9.17, 15) is 18.0 Å². The van der Waals surface area contributed by atoms with E-state index in [1.54, 1.807) is 6.92 Å². The molecule has 0 spiro atoms. The van der Waals surface area contributed by atoms with Crippen LogP contribution in [0.15, 0.2) is 0 Å².